The zero-order valence-corrected chi connectivity index (χ0v) is 21.0. The van der Waals surface area contributed by atoms with E-state index in [4.69, 9.17) is 21.8 Å². The van der Waals surface area contributed by atoms with Gasteiger partial charge in [-0.1, -0.05) is 23.7 Å². The van der Waals surface area contributed by atoms with Crippen molar-refractivity contribution in [2.75, 3.05) is 24.0 Å². The molecule has 0 spiro atoms. The molecule has 0 aromatic heterocycles. The number of halogens is 1. The number of nitrogens with two attached hydrogens (primary N) is 1. The van der Waals surface area contributed by atoms with Gasteiger partial charge in [0.15, 0.2) is 0 Å². The Morgan fingerprint density at radius 2 is 1.71 bits per heavy atom. The third-order valence-corrected chi connectivity index (χ3v) is 7.59. The highest BCUT2D eigenvalue weighted by atomic mass is 35.5. The summed E-state index contributed by atoms with van der Waals surface area (Å²) >= 11 is 6.49. The first-order chi connectivity index (χ1) is 16.0. The number of phenols is 1. The molecule has 0 amide bonds. The molecule has 7 nitrogen and oxygen atoms in total. The lowest BCUT2D eigenvalue weighted by molar-refractivity contribution is 0.473. The Hall–Kier alpha value is -3.07. The van der Waals surface area contributed by atoms with E-state index in [1.165, 1.54) is 12.1 Å². The number of nitrogens with zero attached hydrogens (tertiary/aromatic N) is 3. The molecule has 0 fully saturated rings. The molecule has 4 rings (SSSR count). The number of aromatic hydroxyl groups is 1. The summed E-state index contributed by atoms with van der Waals surface area (Å²) in [5, 5.41) is 23.3. The van der Waals surface area contributed by atoms with Crippen molar-refractivity contribution in [1.82, 2.24) is 0 Å². The summed E-state index contributed by atoms with van der Waals surface area (Å²) in [6, 6.07) is 16.0. The van der Waals surface area contributed by atoms with Crippen molar-refractivity contribution in [3.63, 3.8) is 0 Å². The van der Waals surface area contributed by atoms with Crippen molar-refractivity contribution >= 4 is 38.7 Å². The SMILES string of the molecule is Cc1cc(O)c(C2=NN(c3ccc(S(N)(=O)=O)cc3)C(c3ccc(N(C)C)cc3)C2)c(C)c1Cl. The quantitative estimate of drug-likeness (QED) is 0.529. The van der Waals surface area contributed by atoms with E-state index in [9.17, 15) is 13.5 Å². The van der Waals surface area contributed by atoms with Gasteiger partial charge in [-0.25, -0.2) is 13.6 Å². The van der Waals surface area contributed by atoms with Gasteiger partial charge in [-0.05, 0) is 73.0 Å². The monoisotopic (exact) mass is 498 g/mol. The van der Waals surface area contributed by atoms with Gasteiger partial charge in [0.2, 0.25) is 10.0 Å². The molecule has 1 heterocycles. The van der Waals surface area contributed by atoms with Crippen LogP contribution < -0.4 is 15.0 Å². The van der Waals surface area contributed by atoms with Crippen molar-refractivity contribution in [1.29, 1.82) is 0 Å². The topological polar surface area (TPSA) is 99.2 Å². The van der Waals surface area contributed by atoms with Gasteiger partial charge in [0.1, 0.15) is 5.75 Å². The summed E-state index contributed by atoms with van der Waals surface area (Å²) in [7, 11) is 0.166. The summed E-state index contributed by atoms with van der Waals surface area (Å²) in [6.07, 6.45) is 0.534. The van der Waals surface area contributed by atoms with Crippen LogP contribution in [0.5, 0.6) is 5.75 Å². The number of sulfonamides is 1. The van der Waals surface area contributed by atoms with Crippen molar-refractivity contribution in [2.24, 2.45) is 10.2 Å². The highest BCUT2D eigenvalue weighted by Crippen LogP contribution is 2.41. The van der Waals surface area contributed by atoms with Crippen LogP contribution in [0, 0.1) is 13.8 Å². The Kier molecular flexibility index (Phi) is 6.33. The molecule has 9 heteroatoms. The van der Waals surface area contributed by atoms with Gasteiger partial charge in [0.25, 0.3) is 0 Å². The molecular weight excluding hydrogens is 472 g/mol. The molecular formula is C25H27ClN4O3S. The molecule has 0 bridgehead atoms. The van der Waals surface area contributed by atoms with Crippen LogP contribution in [0.25, 0.3) is 0 Å². The second-order valence-electron chi connectivity index (χ2n) is 8.66. The summed E-state index contributed by atoms with van der Waals surface area (Å²) < 4.78 is 23.4. The van der Waals surface area contributed by atoms with Crippen molar-refractivity contribution in [3.05, 3.63) is 81.9 Å². The first kappa shape index (κ1) is 24.1. The molecule has 1 atom stereocenters. The van der Waals surface area contributed by atoms with Gasteiger partial charge < -0.3 is 10.0 Å². The zero-order chi connectivity index (χ0) is 24.8. The normalized spacial score (nSPS) is 16.0. The van der Waals surface area contributed by atoms with Gasteiger partial charge in [-0.15, -0.1) is 0 Å². The predicted octanol–water partition coefficient (Wildman–Crippen LogP) is 4.73. The Morgan fingerprint density at radius 3 is 2.26 bits per heavy atom. The van der Waals surface area contributed by atoms with E-state index >= 15 is 0 Å². The number of hydrazone groups is 1. The van der Waals surface area contributed by atoms with E-state index in [1.54, 1.807) is 18.2 Å². The predicted molar refractivity (Wildman–Crippen MR) is 138 cm³/mol. The average molecular weight is 499 g/mol. The van der Waals surface area contributed by atoms with Crippen LogP contribution in [-0.2, 0) is 10.0 Å². The number of anilines is 2. The van der Waals surface area contributed by atoms with Crippen molar-refractivity contribution in [3.8, 4) is 5.75 Å². The number of hydrogen-bond acceptors (Lipinski definition) is 6. The number of rotatable bonds is 5. The van der Waals surface area contributed by atoms with Gasteiger partial charge in [-0.3, -0.25) is 5.01 Å². The van der Waals surface area contributed by atoms with Crippen LogP contribution in [-0.4, -0.2) is 33.3 Å². The number of primary sulfonamides is 1. The summed E-state index contributed by atoms with van der Waals surface area (Å²) in [6.45, 7) is 3.72. The highest BCUT2D eigenvalue weighted by Gasteiger charge is 2.32. The third-order valence-electron chi connectivity index (χ3n) is 6.08. The third kappa shape index (κ3) is 4.49. The number of aryl methyl sites for hydroxylation is 1. The number of hydrogen-bond donors (Lipinski definition) is 2. The Bertz CT molecular complexity index is 1370. The van der Waals surface area contributed by atoms with Crippen LogP contribution in [0.4, 0.5) is 11.4 Å². The molecule has 0 aliphatic carbocycles. The van der Waals surface area contributed by atoms with E-state index in [2.05, 4.69) is 12.1 Å². The van der Waals surface area contributed by atoms with Gasteiger partial charge in [0.05, 0.1) is 22.3 Å². The van der Waals surface area contributed by atoms with Crippen molar-refractivity contribution in [2.45, 2.75) is 31.2 Å². The highest BCUT2D eigenvalue weighted by molar-refractivity contribution is 7.89. The summed E-state index contributed by atoms with van der Waals surface area (Å²) in [5.41, 5.74) is 5.71. The lowest BCUT2D eigenvalue weighted by Crippen LogP contribution is -2.19. The zero-order valence-electron chi connectivity index (χ0n) is 19.4. The number of phenolic OH excluding ortho intramolecular Hbond substituents is 1. The molecule has 0 radical (unpaired) electrons. The summed E-state index contributed by atoms with van der Waals surface area (Å²) in [5.74, 6) is 0.131. The maximum Gasteiger partial charge on any atom is 0.238 e. The standard InChI is InChI=1S/C25H27ClN4O3S/c1-15-13-23(31)24(16(2)25(15)26)21-14-22(17-5-7-18(8-6-17)29(3)4)30(28-21)19-9-11-20(12-10-19)34(27,32)33/h5-13,22,31H,14H2,1-4H3,(H2,27,32,33). The second kappa shape index (κ2) is 8.94. The lowest BCUT2D eigenvalue weighted by Gasteiger charge is -2.24. The molecule has 0 saturated carbocycles. The molecule has 3 aromatic carbocycles. The fourth-order valence-electron chi connectivity index (χ4n) is 4.24. The first-order valence-corrected chi connectivity index (χ1v) is 12.7. The smallest absolute Gasteiger partial charge is 0.238 e. The van der Waals surface area contributed by atoms with Crippen LogP contribution in [0.1, 0.15) is 34.7 Å². The van der Waals surface area contributed by atoms with Crippen LogP contribution in [0.2, 0.25) is 5.02 Å². The fourth-order valence-corrected chi connectivity index (χ4v) is 4.91. The van der Waals surface area contributed by atoms with Gasteiger partial charge in [-0.2, -0.15) is 5.10 Å². The number of benzene rings is 3. The van der Waals surface area contributed by atoms with E-state index in [0.717, 1.165) is 22.4 Å². The van der Waals surface area contributed by atoms with E-state index in [1.807, 2.05) is 50.0 Å². The minimum atomic E-state index is -3.80. The molecule has 3 aromatic rings. The van der Waals surface area contributed by atoms with Gasteiger partial charge in [0, 0.05) is 36.8 Å². The van der Waals surface area contributed by atoms with Crippen molar-refractivity contribution < 1.29 is 13.5 Å². The average Bonchev–Trinajstić information content (AvgIpc) is 3.22. The first-order valence-electron chi connectivity index (χ1n) is 10.7. The van der Waals surface area contributed by atoms with Gasteiger partial charge >= 0.3 is 0 Å². The second-order valence-corrected chi connectivity index (χ2v) is 10.6. The van der Waals surface area contributed by atoms with Crippen LogP contribution >= 0.6 is 11.6 Å². The Morgan fingerprint density at radius 1 is 1.09 bits per heavy atom. The minimum Gasteiger partial charge on any atom is -0.507 e. The van der Waals surface area contributed by atoms with E-state index < -0.39 is 10.0 Å². The maximum atomic E-state index is 11.7. The minimum absolute atomic E-state index is 0.0327. The molecule has 3 N–H and O–H groups in total. The molecule has 178 valence electrons. The largest absolute Gasteiger partial charge is 0.507 e. The summed E-state index contributed by atoms with van der Waals surface area (Å²) in [4.78, 5) is 2.06. The molecule has 1 aliphatic rings. The molecule has 1 unspecified atom stereocenters. The molecule has 1 aliphatic heterocycles. The molecule has 0 saturated heterocycles. The molecule has 34 heavy (non-hydrogen) atoms. The Balaban J connectivity index is 1.81. The van der Waals surface area contributed by atoms with Crippen LogP contribution in [0.3, 0.4) is 0 Å². The maximum absolute atomic E-state index is 11.7. The van der Waals surface area contributed by atoms with Crippen LogP contribution in [0.15, 0.2) is 64.6 Å². The Labute approximate surface area is 205 Å². The lowest BCUT2D eigenvalue weighted by atomic mass is 9.94. The van der Waals surface area contributed by atoms with E-state index in [-0.39, 0.29) is 16.7 Å². The van der Waals surface area contributed by atoms with E-state index in [0.29, 0.717) is 28.4 Å². The fraction of sp³-hybridized carbons (Fsp3) is 0.240.